The maximum Gasteiger partial charge on any atom is 0.113 e. The van der Waals surface area contributed by atoms with Gasteiger partial charge in [0.1, 0.15) is 5.52 Å². The Hall–Kier alpha value is -2.37. The molecule has 0 bridgehead atoms. The highest BCUT2D eigenvalue weighted by atomic mass is 35.5. The fourth-order valence-electron chi connectivity index (χ4n) is 4.23. The summed E-state index contributed by atoms with van der Waals surface area (Å²) in [6, 6.07) is 12.7. The maximum absolute atomic E-state index is 6.88. The normalized spacial score (nSPS) is 20.0. The van der Waals surface area contributed by atoms with Crippen LogP contribution < -0.4 is 5.32 Å². The lowest BCUT2D eigenvalue weighted by Gasteiger charge is -2.32. The highest BCUT2D eigenvalue weighted by Crippen LogP contribution is 2.33. The monoisotopic (exact) mass is 379 g/mol. The lowest BCUT2D eigenvalue weighted by molar-refractivity contribution is 0.232. The third-order valence-electron chi connectivity index (χ3n) is 5.66. The smallest absolute Gasteiger partial charge is 0.113 e. The van der Waals surface area contributed by atoms with Crippen LogP contribution in [0, 0.1) is 0 Å². The Morgan fingerprint density at radius 3 is 2.93 bits per heavy atom. The molecule has 2 aliphatic rings. The van der Waals surface area contributed by atoms with Crippen molar-refractivity contribution in [3.63, 3.8) is 0 Å². The van der Waals surface area contributed by atoms with Crippen molar-refractivity contribution in [1.82, 2.24) is 25.2 Å². The summed E-state index contributed by atoms with van der Waals surface area (Å²) in [4.78, 5) is 2.49. The van der Waals surface area contributed by atoms with Crippen LogP contribution in [0.5, 0.6) is 0 Å². The first-order chi connectivity index (χ1) is 13.2. The predicted octanol–water partition coefficient (Wildman–Crippen LogP) is 3.70. The van der Waals surface area contributed by atoms with Crippen molar-refractivity contribution in [2.75, 3.05) is 13.1 Å². The second-order valence-electron chi connectivity index (χ2n) is 7.49. The summed E-state index contributed by atoms with van der Waals surface area (Å²) in [6.07, 6.45) is 3.28. The first-order valence-corrected chi connectivity index (χ1v) is 9.84. The van der Waals surface area contributed by atoms with Gasteiger partial charge >= 0.3 is 0 Å². The number of hydrogen-bond acceptors (Lipinski definition) is 4. The molecule has 1 N–H and O–H groups in total. The Labute approximate surface area is 163 Å². The summed E-state index contributed by atoms with van der Waals surface area (Å²) in [5.74, 6) is 0. The quantitative estimate of drug-likeness (QED) is 0.753. The molecule has 3 heterocycles. The van der Waals surface area contributed by atoms with Crippen molar-refractivity contribution in [3.8, 4) is 5.69 Å². The molecule has 1 fully saturated rings. The van der Waals surface area contributed by atoms with Crippen LogP contribution in [0.4, 0.5) is 0 Å². The number of nitrogens with one attached hydrogen (secondary N) is 1. The van der Waals surface area contributed by atoms with Gasteiger partial charge in [0.25, 0.3) is 0 Å². The molecule has 2 aliphatic heterocycles. The number of allylic oxidation sites excluding steroid dienone is 1. The molecule has 0 radical (unpaired) electrons. The zero-order valence-electron chi connectivity index (χ0n) is 15.2. The van der Waals surface area contributed by atoms with Crippen molar-refractivity contribution in [1.29, 1.82) is 0 Å². The average molecular weight is 380 g/mol. The molecule has 1 saturated heterocycles. The average Bonchev–Trinajstić information content (AvgIpc) is 3.29. The van der Waals surface area contributed by atoms with Crippen molar-refractivity contribution in [2.24, 2.45) is 0 Å². The lowest BCUT2D eigenvalue weighted by Crippen LogP contribution is -2.40. The number of fused-ring (bicyclic) bond motifs is 2. The van der Waals surface area contributed by atoms with Gasteiger partial charge in [0.05, 0.1) is 16.2 Å². The third kappa shape index (κ3) is 3.01. The van der Waals surface area contributed by atoms with Crippen LogP contribution >= 0.6 is 11.6 Å². The second kappa shape index (κ2) is 6.66. The summed E-state index contributed by atoms with van der Waals surface area (Å²) in [5.41, 5.74) is 6.47. The fraction of sp³-hybridized carbons (Fsp3) is 0.333. The van der Waals surface area contributed by atoms with Crippen molar-refractivity contribution < 1.29 is 0 Å². The van der Waals surface area contributed by atoms with E-state index in [1.54, 1.807) is 0 Å². The Morgan fingerprint density at radius 2 is 2.07 bits per heavy atom. The SMILES string of the molecule is C=C1CCC(CN2CCc3ccc(-n4nnc5ccccc54)c(Cl)c3C2)N1. The van der Waals surface area contributed by atoms with Crippen LogP contribution in [-0.2, 0) is 13.0 Å². The molecule has 0 amide bonds. The zero-order chi connectivity index (χ0) is 18.4. The van der Waals surface area contributed by atoms with Gasteiger partial charge in [-0.1, -0.05) is 41.6 Å². The number of aromatic nitrogens is 3. The Morgan fingerprint density at radius 1 is 1.19 bits per heavy atom. The zero-order valence-corrected chi connectivity index (χ0v) is 15.9. The van der Waals surface area contributed by atoms with Gasteiger partial charge in [0.15, 0.2) is 0 Å². The van der Waals surface area contributed by atoms with Crippen LogP contribution in [0.1, 0.15) is 24.0 Å². The van der Waals surface area contributed by atoms with Gasteiger partial charge in [-0.3, -0.25) is 4.90 Å². The fourth-order valence-corrected chi connectivity index (χ4v) is 4.56. The summed E-state index contributed by atoms with van der Waals surface area (Å²) < 4.78 is 1.85. The minimum atomic E-state index is 0.500. The van der Waals surface area contributed by atoms with Crippen LogP contribution in [0.3, 0.4) is 0 Å². The van der Waals surface area contributed by atoms with Crippen LogP contribution in [0.2, 0.25) is 5.02 Å². The molecule has 1 atom stereocenters. The van der Waals surface area contributed by atoms with E-state index in [1.165, 1.54) is 17.5 Å². The minimum Gasteiger partial charge on any atom is -0.385 e. The molecule has 5 rings (SSSR count). The first-order valence-electron chi connectivity index (χ1n) is 9.47. The second-order valence-corrected chi connectivity index (χ2v) is 7.87. The molecule has 6 heteroatoms. The Kier molecular flexibility index (Phi) is 4.14. The molecule has 27 heavy (non-hydrogen) atoms. The van der Waals surface area contributed by atoms with Crippen LogP contribution in [-0.4, -0.2) is 39.0 Å². The number of benzene rings is 2. The Bertz CT molecular complexity index is 1020. The van der Waals surface area contributed by atoms with Crippen molar-refractivity contribution in [3.05, 3.63) is 64.8 Å². The highest BCUT2D eigenvalue weighted by Gasteiger charge is 2.25. The summed E-state index contributed by atoms with van der Waals surface area (Å²) in [7, 11) is 0. The number of para-hydroxylation sites is 1. The van der Waals surface area contributed by atoms with Gasteiger partial charge in [-0.2, -0.15) is 0 Å². The third-order valence-corrected chi connectivity index (χ3v) is 6.08. The predicted molar refractivity (Wildman–Crippen MR) is 108 cm³/mol. The number of rotatable bonds is 3. The number of nitrogens with zero attached hydrogens (tertiary/aromatic N) is 4. The van der Waals surface area contributed by atoms with Gasteiger partial charge in [0.2, 0.25) is 0 Å². The van der Waals surface area contributed by atoms with Crippen LogP contribution in [0.25, 0.3) is 16.7 Å². The maximum atomic E-state index is 6.88. The van der Waals surface area contributed by atoms with E-state index >= 15 is 0 Å². The van der Waals surface area contributed by atoms with Gasteiger partial charge in [-0.05, 0) is 48.6 Å². The van der Waals surface area contributed by atoms with Gasteiger partial charge in [-0.15, -0.1) is 5.10 Å². The van der Waals surface area contributed by atoms with E-state index < -0.39 is 0 Å². The molecule has 3 aromatic rings. The molecule has 138 valence electrons. The van der Waals surface area contributed by atoms with Gasteiger partial charge in [-0.25, -0.2) is 4.68 Å². The first kappa shape index (κ1) is 16.8. The number of hydrogen-bond donors (Lipinski definition) is 1. The molecule has 2 aromatic carbocycles. The largest absolute Gasteiger partial charge is 0.385 e. The van der Waals surface area contributed by atoms with E-state index in [1.807, 2.05) is 28.9 Å². The summed E-state index contributed by atoms with van der Waals surface area (Å²) >= 11 is 6.88. The summed E-state index contributed by atoms with van der Waals surface area (Å²) in [6.45, 7) is 7.02. The molecule has 0 saturated carbocycles. The van der Waals surface area contributed by atoms with E-state index in [0.717, 1.165) is 59.9 Å². The van der Waals surface area contributed by atoms with Crippen LogP contribution in [0.15, 0.2) is 48.7 Å². The highest BCUT2D eigenvalue weighted by molar-refractivity contribution is 6.33. The van der Waals surface area contributed by atoms with E-state index in [2.05, 4.69) is 39.2 Å². The molecular weight excluding hydrogens is 358 g/mol. The van der Waals surface area contributed by atoms with Gasteiger partial charge in [0, 0.05) is 31.4 Å². The molecule has 0 spiro atoms. The molecule has 1 unspecified atom stereocenters. The van der Waals surface area contributed by atoms with Gasteiger partial charge < -0.3 is 5.32 Å². The molecule has 5 nitrogen and oxygen atoms in total. The molecular formula is C21H22ClN5. The van der Waals surface area contributed by atoms with E-state index in [-0.39, 0.29) is 0 Å². The number of halogens is 1. The minimum absolute atomic E-state index is 0.500. The van der Waals surface area contributed by atoms with E-state index in [0.29, 0.717) is 6.04 Å². The van der Waals surface area contributed by atoms with E-state index in [4.69, 9.17) is 11.6 Å². The molecule has 0 aliphatic carbocycles. The lowest BCUT2D eigenvalue weighted by atomic mass is 9.98. The standard InChI is InChI=1S/C21H22ClN5/c1-14-6-8-16(23-14)12-26-11-10-15-7-9-20(21(22)17(15)13-26)27-19-5-3-2-4-18(19)24-25-27/h2-5,7,9,16,23H,1,6,8,10-13H2. The molecule has 1 aromatic heterocycles. The van der Waals surface area contributed by atoms with Crippen molar-refractivity contribution >= 4 is 22.6 Å². The Balaban J connectivity index is 1.46. The topological polar surface area (TPSA) is 46.0 Å². The summed E-state index contributed by atoms with van der Waals surface area (Å²) in [5, 5.41) is 12.9. The van der Waals surface area contributed by atoms with E-state index in [9.17, 15) is 0 Å². The van der Waals surface area contributed by atoms with Crippen molar-refractivity contribution in [2.45, 2.75) is 31.8 Å².